The van der Waals surface area contributed by atoms with E-state index in [1.165, 1.54) is 6.07 Å². The maximum absolute atomic E-state index is 13.2. The molecule has 0 bridgehead atoms. The predicted octanol–water partition coefficient (Wildman–Crippen LogP) is 3.72. The second kappa shape index (κ2) is 9.47. The maximum Gasteiger partial charge on any atom is 0.264 e. The average molecular weight is 438 g/mol. The lowest BCUT2D eigenvalue weighted by molar-refractivity contribution is -0.116. The lowest BCUT2D eigenvalue weighted by Gasteiger charge is -2.30. The van der Waals surface area contributed by atoms with E-state index in [0.717, 1.165) is 0 Å². The van der Waals surface area contributed by atoms with Gasteiger partial charge >= 0.3 is 0 Å². The van der Waals surface area contributed by atoms with Gasteiger partial charge in [-0.2, -0.15) is 0 Å². The van der Waals surface area contributed by atoms with E-state index in [1.807, 2.05) is 11.8 Å². The minimum absolute atomic E-state index is 0.0774. The number of amides is 1. The molecule has 0 atom stereocenters. The van der Waals surface area contributed by atoms with Crippen LogP contribution in [0.2, 0.25) is 5.02 Å². The first-order valence-electron chi connectivity index (χ1n) is 9.44. The number of ether oxygens (including phenoxy) is 1. The van der Waals surface area contributed by atoms with Gasteiger partial charge in [0.1, 0.15) is 4.90 Å². The minimum atomic E-state index is -3.95. The van der Waals surface area contributed by atoms with Crippen molar-refractivity contribution in [3.63, 3.8) is 0 Å². The number of benzene rings is 2. The zero-order valence-electron chi connectivity index (χ0n) is 16.2. The molecule has 2 N–H and O–H groups in total. The van der Waals surface area contributed by atoms with Gasteiger partial charge < -0.3 is 15.0 Å². The molecule has 9 heteroatoms. The molecule has 1 fully saturated rings. The van der Waals surface area contributed by atoms with E-state index in [4.69, 9.17) is 16.3 Å². The molecule has 1 saturated heterocycles. The summed E-state index contributed by atoms with van der Waals surface area (Å²) in [7, 11) is -3.95. The third-order valence-electron chi connectivity index (χ3n) is 4.48. The Labute approximate surface area is 176 Å². The van der Waals surface area contributed by atoms with E-state index in [9.17, 15) is 13.2 Å². The molecule has 0 unspecified atom stereocenters. The molecule has 1 heterocycles. The Bertz CT molecular complexity index is 975. The van der Waals surface area contributed by atoms with Crippen molar-refractivity contribution in [1.82, 2.24) is 0 Å². The van der Waals surface area contributed by atoms with E-state index >= 15 is 0 Å². The van der Waals surface area contributed by atoms with Gasteiger partial charge in [0.25, 0.3) is 10.0 Å². The first-order chi connectivity index (χ1) is 13.9. The highest BCUT2D eigenvalue weighted by Gasteiger charge is 2.25. The summed E-state index contributed by atoms with van der Waals surface area (Å²) in [5.74, 6) is -0.158. The SMILES string of the molecule is CCCC(=O)Nc1ccc(N2CCOCC2)c(S(=O)(=O)Nc2ccccc2Cl)c1. The topological polar surface area (TPSA) is 87.7 Å². The Morgan fingerprint density at radius 3 is 2.59 bits per heavy atom. The highest BCUT2D eigenvalue weighted by atomic mass is 35.5. The number of rotatable bonds is 7. The van der Waals surface area contributed by atoms with Crippen molar-refractivity contribution >= 4 is 44.6 Å². The standard InChI is InChI=1S/C20H24ClN3O4S/c1-2-5-20(25)22-15-8-9-18(24-10-12-28-13-11-24)19(14-15)29(26,27)23-17-7-4-3-6-16(17)21/h3-4,6-9,14,23H,2,5,10-13H2,1H3,(H,22,25). The van der Waals surface area contributed by atoms with Crippen LogP contribution in [0.1, 0.15) is 19.8 Å². The zero-order valence-corrected chi connectivity index (χ0v) is 17.7. The fraction of sp³-hybridized carbons (Fsp3) is 0.350. The van der Waals surface area contributed by atoms with Crippen LogP contribution in [-0.2, 0) is 19.6 Å². The van der Waals surface area contributed by atoms with Gasteiger partial charge in [-0.15, -0.1) is 0 Å². The Balaban J connectivity index is 1.99. The van der Waals surface area contributed by atoms with E-state index in [2.05, 4.69) is 10.0 Å². The maximum atomic E-state index is 13.2. The number of hydrogen-bond acceptors (Lipinski definition) is 5. The minimum Gasteiger partial charge on any atom is -0.378 e. The Kier molecular flexibility index (Phi) is 7.00. The molecule has 29 heavy (non-hydrogen) atoms. The monoisotopic (exact) mass is 437 g/mol. The summed E-state index contributed by atoms with van der Waals surface area (Å²) in [6.45, 7) is 4.11. The Morgan fingerprint density at radius 1 is 1.17 bits per heavy atom. The lowest BCUT2D eigenvalue weighted by Crippen LogP contribution is -2.37. The molecule has 1 amide bonds. The molecular formula is C20H24ClN3O4S. The summed E-state index contributed by atoms with van der Waals surface area (Å²) in [5.41, 5.74) is 1.28. The fourth-order valence-corrected chi connectivity index (χ4v) is 4.64. The van der Waals surface area contributed by atoms with E-state index < -0.39 is 10.0 Å². The molecule has 0 radical (unpaired) electrons. The molecular weight excluding hydrogens is 414 g/mol. The number of para-hydroxylation sites is 1. The first kappa shape index (κ1) is 21.4. The Hall–Kier alpha value is -2.29. The average Bonchev–Trinajstić information content (AvgIpc) is 2.70. The number of nitrogens with zero attached hydrogens (tertiary/aromatic N) is 1. The molecule has 2 aromatic rings. The van der Waals surface area contributed by atoms with Crippen molar-refractivity contribution in [2.45, 2.75) is 24.7 Å². The number of anilines is 3. The van der Waals surface area contributed by atoms with Gasteiger partial charge in [0.15, 0.2) is 0 Å². The molecule has 0 aliphatic carbocycles. The fourth-order valence-electron chi connectivity index (χ4n) is 3.07. The van der Waals surface area contributed by atoms with Crippen LogP contribution < -0.4 is 14.9 Å². The van der Waals surface area contributed by atoms with Crippen LogP contribution in [0.15, 0.2) is 47.4 Å². The summed E-state index contributed by atoms with van der Waals surface area (Å²) in [6.07, 6.45) is 1.07. The molecule has 1 aliphatic heterocycles. The second-order valence-electron chi connectivity index (χ2n) is 6.67. The number of halogens is 1. The van der Waals surface area contributed by atoms with Crippen LogP contribution >= 0.6 is 11.6 Å². The number of nitrogens with one attached hydrogen (secondary N) is 2. The van der Waals surface area contributed by atoms with Crippen molar-refractivity contribution in [2.24, 2.45) is 0 Å². The molecule has 156 valence electrons. The molecule has 0 saturated carbocycles. The van der Waals surface area contributed by atoms with Gasteiger partial charge in [-0.05, 0) is 36.8 Å². The van der Waals surface area contributed by atoms with Crippen molar-refractivity contribution < 1.29 is 17.9 Å². The lowest BCUT2D eigenvalue weighted by atomic mass is 10.2. The van der Waals surface area contributed by atoms with E-state index in [1.54, 1.807) is 36.4 Å². The van der Waals surface area contributed by atoms with E-state index in [-0.39, 0.29) is 10.8 Å². The third-order valence-corrected chi connectivity index (χ3v) is 6.20. The van der Waals surface area contributed by atoms with Crippen molar-refractivity contribution in [1.29, 1.82) is 0 Å². The highest BCUT2D eigenvalue weighted by molar-refractivity contribution is 7.93. The zero-order chi connectivity index (χ0) is 20.9. The second-order valence-corrected chi connectivity index (χ2v) is 8.72. The molecule has 0 spiro atoms. The van der Waals surface area contributed by atoms with Crippen LogP contribution in [0, 0.1) is 0 Å². The normalized spacial score (nSPS) is 14.5. The van der Waals surface area contributed by atoms with Crippen LogP contribution in [0.5, 0.6) is 0 Å². The van der Waals surface area contributed by atoms with Crippen LogP contribution in [0.25, 0.3) is 0 Å². The summed E-state index contributed by atoms with van der Waals surface area (Å²) in [4.78, 5) is 14.0. The molecule has 2 aromatic carbocycles. The first-order valence-corrected chi connectivity index (χ1v) is 11.3. The van der Waals surface area contributed by atoms with Crippen LogP contribution in [-0.4, -0.2) is 40.6 Å². The van der Waals surface area contributed by atoms with E-state index in [0.29, 0.717) is 61.2 Å². The number of hydrogen-bond donors (Lipinski definition) is 2. The molecule has 3 rings (SSSR count). The number of carbonyl (C=O) groups excluding carboxylic acids is 1. The molecule has 0 aromatic heterocycles. The van der Waals surface area contributed by atoms with Gasteiger partial charge in [0, 0.05) is 25.2 Å². The van der Waals surface area contributed by atoms with Gasteiger partial charge in [-0.25, -0.2) is 8.42 Å². The van der Waals surface area contributed by atoms with Crippen LogP contribution in [0.4, 0.5) is 17.1 Å². The summed E-state index contributed by atoms with van der Waals surface area (Å²) in [5, 5.41) is 3.06. The number of morpholine rings is 1. The quantitative estimate of drug-likeness (QED) is 0.689. The molecule has 1 aliphatic rings. The number of carbonyl (C=O) groups is 1. The van der Waals surface area contributed by atoms with Crippen molar-refractivity contribution in [3.8, 4) is 0 Å². The molecule has 7 nitrogen and oxygen atoms in total. The van der Waals surface area contributed by atoms with Gasteiger partial charge in [0.05, 0.1) is 29.6 Å². The smallest absolute Gasteiger partial charge is 0.264 e. The predicted molar refractivity (Wildman–Crippen MR) is 115 cm³/mol. The largest absolute Gasteiger partial charge is 0.378 e. The van der Waals surface area contributed by atoms with Crippen molar-refractivity contribution in [2.75, 3.05) is 41.2 Å². The summed E-state index contributed by atoms with van der Waals surface area (Å²) < 4.78 is 34.4. The van der Waals surface area contributed by atoms with Gasteiger partial charge in [-0.3, -0.25) is 9.52 Å². The number of sulfonamides is 1. The van der Waals surface area contributed by atoms with Crippen LogP contribution in [0.3, 0.4) is 0 Å². The van der Waals surface area contributed by atoms with Gasteiger partial charge in [-0.1, -0.05) is 30.7 Å². The Morgan fingerprint density at radius 2 is 1.90 bits per heavy atom. The summed E-state index contributed by atoms with van der Waals surface area (Å²) >= 11 is 6.13. The third kappa shape index (κ3) is 5.41. The highest BCUT2D eigenvalue weighted by Crippen LogP contribution is 2.32. The van der Waals surface area contributed by atoms with Gasteiger partial charge in [0.2, 0.25) is 5.91 Å². The van der Waals surface area contributed by atoms with Crippen molar-refractivity contribution in [3.05, 3.63) is 47.5 Å². The summed E-state index contributed by atoms with van der Waals surface area (Å²) in [6, 6.07) is 11.6.